The number of carbonyl (C=O) groups excluding carboxylic acids is 1. The maximum atomic E-state index is 11.5. The predicted octanol–water partition coefficient (Wildman–Crippen LogP) is 1.97. The van der Waals surface area contributed by atoms with Crippen molar-refractivity contribution < 1.29 is 9.53 Å². The number of carbonyl (C=O) groups is 1. The zero-order valence-corrected chi connectivity index (χ0v) is 10.7. The first-order chi connectivity index (χ1) is 8.61. The molecule has 18 heavy (non-hydrogen) atoms. The first kappa shape index (κ1) is 12.3. The Kier molecular flexibility index (Phi) is 3.41. The molecule has 2 aromatic rings. The summed E-state index contributed by atoms with van der Waals surface area (Å²) in [7, 11) is 1.76. The Morgan fingerprint density at radius 2 is 2.22 bits per heavy atom. The number of aromatic nitrogens is 3. The standard InChI is InChI=1S/C13H15N3O2/c1-4-18-13(17)11-14-12(16(3)15-11)10-7-5-6-9(2)8-10/h5-8H,4H2,1-3H3. The molecule has 0 aliphatic carbocycles. The van der Waals surface area contributed by atoms with Crippen molar-refractivity contribution >= 4 is 5.97 Å². The minimum atomic E-state index is -0.494. The van der Waals surface area contributed by atoms with Crippen molar-refractivity contribution in [2.75, 3.05) is 6.61 Å². The second-order valence-corrected chi connectivity index (χ2v) is 3.97. The molecule has 0 atom stereocenters. The molecule has 0 radical (unpaired) electrons. The third-order valence-electron chi connectivity index (χ3n) is 2.50. The molecule has 0 saturated heterocycles. The maximum Gasteiger partial charge on any atom is 0.378 e. The fourth-order valence-corrected chi connectivity index (χ4v) is 1.70. The highest BCUT2D eigenvalue weighted by atomic mass is 16.5. The van der Waals surface area contributed by atoms with Gasteiger partial charge in [-0.25, -0.2) is 14.5 Å². The topological polar surface area (TPSA) is 57.0 Å². The number of hydrogen-bond donors (Lipinski definition) is 0. The van der Waals surface area contributed by atoms with Crippen molar-refractivity contribution in [1.29, 1.82) is 0 Å². The summed E-state index contributed by atoms with van der Waals surface area (Å²) in [5.74, 6) is 0.254. The Labute approximate surface area is 105 Å². The molecule has 0 aliphatic rings. The van der Waals surface area contributed by atoms with E-state index in [0.717, 1.165) is 11.1 Å². The van der Waals surface area contributed by atoms with Crippen molar-refractivity contribution in [2.24, 2.45) is 7.05 Å². The molecule has 1 aromatic carbocycles. The average Bonchev–Trinajstić information content (AvgIpc) is 2.72. The minimum absolute atomic E-state index is 0.0934. The summed E-state index contributed by atoms with van der Waals surface area (Å²) >= 11 is 0. The third-order valence-corrected chi connectivity index (χ3v) is 2.50. The van der Waals surface area contributed by atoms with Gasteiger partial charge in [0, 0.05) is 12.6 Å². The molecule has 0 spiro atoms. The average molecular weight is 245 g/mol. The fourth-order valence-electron chi connectivity index (χ4n) is 1.70. The van der Waals surface area contributed by atoms with E-state index in [9.17, 15) is 4.79 Å². The molecule has 0 N–H and O–H groups in total. The zero-order chi connectivity index (χ0) is 13.1. The van der Waals surface area contributed by atoms with Crippen LogP contribution in [0, 0.1) is 6.92 Å². The molecule has 0 unspecified atom stereocenters. The largest absolute Gasteiger partial charge is 0.460 e. The van der Waals surface area contributed by atoms with Crippen LogP contribution in [0.3, 0.4) is 0 Å². The van der Waals surface area contributed by atoms with Gasteiger partial charge in [0.05, 0.1) is 6.61 Å². The van der Waals surface area contributed by atoms with Crippen LogP contribution in [-0.4, -0.2) is 27.3 Å². The van der Waals surface area contributed by atoms with Gasteiger partial charge >= 0.3 is 5.97 Å². The number of nitrogens with zero attached hydrogens (tertiary/aromatic N) is 3. The fraction of sp³-hybridized carbons (Fsp3) is 0.308. The number of rotatable bonds is 3. The lowest BCUT2D eigenvalue weighted by atomic mass is 10.1. The summed E-state index contributed by atoms with van der Waals surface area (Å²) in [4.78, 5) is 15.8. The van der Waals surface area contributed by atoms with E-state index < -0.39 is 5.97 Å². The van der Waals surface area contributed by atoms with E-state index in [1.165, 1.54) is 0 Å². The molecule has 0 fully saturated rings. The molecule has 2 rings (SSSR count). The lowest BCUT2D eigenvalue weighted by Crippen LogP contribution is -2.07. The van der Waals surface area contributed by atoms with E-state index in [1.807, 2.05) is 31.2 Å². The van der Waals surface area contributed by atoms with Gasteiger partial charge in [0.15, 0.2) is 5.82 Å². The van der Waals surface area contributed by atoms with Crippen LogP contribution in [0.5, 0.6) is 0 Å². The summed E-state index contributed by atoms with van der Waals surface area (Å²) in [6, 6.07) is 7.89. The Morgan fingerprint density at radius 1 is 1.44 bits per heavy atom. The third kappa shape index (κ3) is 2.40. The van der Waals surface area contributed by atoms with Crippen molar-refractivity contribution in [3.05, 3.63) is 35.7 Å². The molecule has 0 saturated carbocycles. The first-order valence-corrected chi connectivity index (χ1v) is 5.77. The van der Waals surface area contributed by atoms with Crippen molar-refractivity contribution in [2.45, 2.75) is 13.8 Å². The van der Waals surface area contributed by atoms with E-state index in [-0.39, 0.29) is 5.82 Å². The van der Waals surface area contributed by atoms with Gasteiger partial charge < -0.3 is 4.74 Å². The van der Waals surface area contributed by atoms with E-state index in [4.69, 9.17) is 4.74 Å². The van der Waals surface area contributed by atoms with Crippen LogP contribution in [0.1, 0.15) is 23.1 Å². The van der Waals surface area contributed by atoms with Crippen LogP contribution in [0.2, 0.25) is 0 Å². The molecule has 0 amide bonds. The van der Waals surface area contributed by atoms with Crippen LogP contribution in [0.4, 0.5) is 0 Å². The highest BCUT2D eigenvalue weighted by Gasteiger charge is 2.16. The monoisotopic (exact) mass is 245 g/mol. The molecule has 1 aromatic heterocycles. The van der Waals surface area contributed by atoms with Gasteiger partial charge in [-0.3, -0.25) is 0 Å². The zero-order valence-electron chi connectivity index (χ0n) is 10.7. The lowest BCUT2D eigenvalue weighted by Gasteiger charge is -2.00. The van der Waals surface area contributed by atoms with Crippen molar-refractivity contribution in [3.8, 4) is 11.4 Å². The summed E-state index contributed by atoms with van der Waals surface area (Å²) < 4.78 is 6.46. The van der Waals surface area contributed by atoms with E-state index >= 15 is 0 Å². The van der Waals surface area contributed by atoms with E-state index in [0.29, 0.717) is 12.4 Å². The molecular formula is C13H15N3O2. The molecular weight excluding hydrogens is 230 g/mol. The smallest absolute Gasteiger partial charge is 0.378 e. The normalized spacial score (nSPS) is 10.4. The summed E-state index contributed by atoms with van der Waals surface area (Å²) in [6.45, 7) is 4.07. The highest BCUT2D eigenvalue weighted by molar-refractivity contribution is 5.85. The summed E-state index contributed by atoms with van der Waals surface area (Å²) in [5.41, 5.74) is 2.06. The molecule has 1 heterocycles. The molecule has 5 nitrogen and oxygen atoms in total. The highest BCUT2D eigenvalue weighted by Crippen LogP contribution is 2.17. The number of benzene rings is 1. The number of aryl methyl sites for hydroxylation is 2. The van der Waals surface area contributed by atoms with Crippen molar-refractivity contribution in [3.63, 3.8) is 0 Å². The van der Waals surface area contributed by atoms with Gasteiger partial charge in [-0.1, -0.05) is 23.8 Å². The Morgan fingerprint density at radius 3 is 2.89 bits per heavy atom. The quantitative estimate of drug-likeness (QED) is 0.776. The number of ether oxygens (including phenoxy) is 1. The second kappa shape index (κ2) is 5.00. The molecule has 5 heteroatoms. The van der Waals surface area contributed by atoms with E-state index in [2.05, 4.69) is 10.1 Å². The maximum absolute atomic E-state index is 11.5. The van der Waals surface area contributed by atoms with Gasteiger partial charge in [0.1, 0.15) is 0 Å². The number of esters is 1. The van der Waals surface area contributed by atoms with Gasteiger partial charge in [-0.2, -0.15) is 0 Å². The SMILES string of the molecule is CCOC(=O)c1nc(-c2cccc(C)c2)n(C)n1. The minimum Gasteiger partial charge on any atom is -0.460 e. The van der Waals surface area contributed by atoms with Crippen LogP contribution in [0.25, 0.3) is 11.4 Å². The van der Waals surface area contributed by atoms with Gasteiger partial charge in [0.25, 0.3) is 5.82 Å². The predicted molar refractivity (Wildman–Crippen MR) is 67.1 cm³/mol. The lowest BCUT2D eigenvalue weighted by molar-refractivity contribution is 0.0512. The van der Waals surface area contributed by atoms with Gasteiger partial charge in [-0.05, 0) is 19.9 Å². The molecule has 94 valence electrons. The van der Waals surface area contributed by atoms with E-state index in [1.54, 1.807) is 18.7 Å². The van der Waals surface area contributed by atoms with Crippen LogP contribution < -0.4 is 0 Å². The second-order valence-electron chi connectivity index (χ2n) is 3.97. The van der Waals surface area contributed by atoms with Crippen LogP contribution in [-0.2, 0) is 11.8 Å². The van der Waals surface area contributed by atoms with Crippen molar-refractivity contribution in [1.82, 2.24) is 14.8 Å². The number of hydrogen-bond acceptors (Lipinski definition) is 4. The van der Waals surface area contributed by atoms with Gasteiger partial charge in [0.2, 0.25) is 0 Å². The van der Waals surface area contributed by atoms with Crippen LogP contribution >= 0.6 is 0 Å². The molecule has 0 bridgehead atoms. The Bertz CT molecular complexity index is 575. The Hall–Kier alpha value is -2.17. The Balaban J connectivity index is 2.38. The van der Waals surface area contributed by atoms with Crippen LogP contribution in [0.15, 0.2) is 24.3 Å². The van der Waals surface area contributed by atoms with Gasteiger partial charge in [-0.15, -0.1) is 5.10 Å². The summed E-state index contributed by atoms with van der Waals surface area (Å²) in [5, 5.41) is 4.07. The molecule has 0 aliphatic heterocycles. The summed E-state index contributed by atoms with van der Waals surface area (Å²) in [6.07, 6.45) is 0. The first-order valence-electron chi connectivity index (χ1n) is 5.77.